The molecule has 0 radical (unpaired) electrons. The molecular formula is C23H28N4O4S. The maximum atomic E-state index is 12.9. The molecule has 0 saturated carbocycles. The fourth-order valence-electron chi connectivity index (χ4n) is 3.18. The van der Waals surface area contributed by atoms with E-state index in [1.807, 2.05) is 24.3 Å². The van der Waals surface area contributed by atoms with Gasteiger partial charge in [0.2, 0.25) is 27.6 Å². The van der Waals surface area contributed by atoms with Crippen LogP contribution in [-0.4, -0.2) is 42.1 Å². The van der Waals surface area contributed by atoms with Crippen LogP contribution in [0.4, 0.5) is 0 Å². The van der Waals surface area contributed by atoms with Crippen molar-refractivity contribution in [1.82, 2.24) is 19.8 Å². The maximum Gasteiger partial charge on any atom is 0.246 e. The predicted octanol–water partition coefficient (Wildman–Crippen LogP) is 3.28. The van der Waals surface area contributed by atoms with Crippen LogP contribution >= 0.6 is 0 Å². The van der Waals surface area contributed by atoms with Crippen LogP contribution in [0.3, 0.4) is 0 Å². The number of nitrogens with one attached hydrogen (secondary N) is 1. The molecule has 2 aromatic carbocycles. The van der Waals surface area contributed by atoms with E-state index in [1.54, 1.807) is 30.3 Å². The zero-order valence-corrected chi connectivity index (χ0v) is 19.7. The molecule has 9 heteroatoms. The number of nitrogens with zero attached hydrogens (tertiary/aromatic N) is 3. The van der Waals surface area contributed by atoms with Gasteiger partial charge in [0.25, 0.3) is 0 Å². The van der Waals surface area contributed by atoms with Gasteiger partial charge in [-0.2, -0.15) is 9.29 Å². The van der Waals surface area contributed by atoms with E-state index >= 15 is 0 Å². The smallest absolute Gasteiger partial charge is 0.246 e. The first kappa shape index (κ1) is 23.6. The quantitative estimate of drug-likeness (QED) is 0.585. The van der Waals surface area contributed by atoms with Crippen molar-refractivity contribution in [2.24, 2.45) is 0 Å². The largest absolute Gasteiger partial charge is 0.345 e. The number of sulfonamides is 1. The molecule has 1 aromatic heterocycles. The molecule has 3 rings (SSSR count). The van der Waals surface area contributed by atoms with Crippen molar-refractivity contribution < 1.29 is 17.7 Å². The Balaban J connectivity index is 1.73. The van der Waals surface area contributed by atoms with Crippen molar-refractivity contribution in [3.8, 4) is 11.4 Å². The van der Waals surface area contributed by atoms with Gasteiger partial charge in [-0.15, -0.1) is 0 Å². The Morgan fingerprint density at radius 2 is 1.72 bits per heavy atom. The lowest BCUT2D eigenvalue weighted by Gasteiger charge is -2.25. The highest BCUT2D eigenvalue weighted by Gasteiger charge is 2.30. The molecule has 170 valence electrons. The molecule has 0 aliphatic rings. The summed E-state index contributed by atoms with van der Waals surface area (Å²) in [7, 11) is -2.23. The van der Waals surface area contributed by atoms with Gasteiger partial charge in [-0.25, -0.2) is 8.42 Å². The molecule has 0 bridgehead atoms. The summed E-state index contributed by atoms with van der Waals surface area (Å²) in [4.78, 5) is 17.3. The molecule has 1 amide bonds. The lowest BCUT2D eigenvalue weighted by atomic mass is 9.87. The van der Waals surface area contributed by atoms with Crippen LogP contribution in [0.5, 0.6) is 0 Å². The lowest BCUT2D eigenvalue weighted by Crippen LogP contribution is -2.41. The van der Waals surface area contributed by atoms with E-state index in [9.17, 15) is 13.2 Å². The van der Waals surface area contributed by atoms with Crippen molar-refractivity contribution in [1.29, 1.82) is 0 Å². The molecule has 8 nitrogen and oxygen atoms in total. The second kappa shape index (κ2) is 9.22. The molecule has 3 aromatic rings. The van der Waals surface area contributed by atoms with Crippen molar-refractivity contribution in [2.75, 3.05) is 13.3 Å². The molecule has 0 spiro atoms. The van der Waals surface area contributed by atoms with Crippen LogP contribution in [0.25, 0.3) is 11.4 Å². The van der Waals surface area contributed by atoms with Gasteiger partial charge in [0, 0.05) is 12.6 Å². The molecule has 0 saturated heterocycles. The van der Waals surface area contributed by atoms with Gasteiger partial charge in [-0.3, -0.25) is 4.79 Å². The van der Waals surface area contributed by atoms with Crippen LogP contribution in [0, 0.1) is 0 Å². The molecule has 1 N–H and O–H groups in total. The minimum Gasteiger partial charge on any atom is -0.345 e. The van der Waals surface area contributed by atoms with Gasteiger partial charge in [0.1, 0.15) is 6.04 Å². The minimum atomic E-state index is -3.60. The molecule has 1 heterocycles. The van der Waals surface area contributed by atoms with Gasteiger partial charge in [-0.1, -0.05) is 80.5 Å². The third kappa shape index (κ3) is 5.60. The zero-order valence-electron chi connectivity index (χ0n) is 18.9. The average molecular weight is 457 g/mol. The Hall–Kier alpha value is -3.04. The highest BCUT2D eigenvalue weighted by Crippen LogP contribution is 2.25. The second-order valence-electron chi connectivity index (χ2n) is 8.65. The van der Waals surface area contributed by atoms with Crippen molar-refractivity contribution in [3.63, 3.8) is 0 Å². The highest BCUT2D eigenvalue weighted by molar-refractivity contribution is 7.88. The van der Waals surface area contributed by atoms with Crippen LogP contribution in [0.1, 0.15) is 43.8 Å². The second-order valence-corrected chi connectivity index (χ2v) is 10.7. The Bertz CT molecular complexity index is 1170. The molecule has 32 heavy (non-hydrogen) atoms. The average Bonchev–Trinajstić information content (AvgIpc) is 3.21. The Morgan fingerprint density at radius 3 is 2.28 bits per heavy atom. The molecule has 0 unspecified atom stereocenters. The van der Waals surface area contributed by atoms with Crippen molar-refractivity contribution in [3.05, 3.63) is 71.6 Å². The van der Waals surface area contributed by atoms with Crippen LogP contribution in [0.15, 0.2) is 59.1 Å². The summed E-state index contributed by atoms with van der Waals surface area (Å²) in [6.07, 6.45) is 1.06. The highest BCUT2D eigenvalue weighted by atomic mass is 32.2. The van der Waals surface area contributed by atoms with E-state index in [0.717, 1.165) is 16.1 Å². The third-order valence-electron chi connectivity index (χ3n) is 5.14. The third-order valence-corrected chi connectivity index (χ3v) is 6.40. The normalized spacial score (nSPS) is 13.2. The van der Waals surface area contributed by atoms with Gasteiger partial charge < -0.3 is 9.84 Å². The number of hydrogen-bond acceptors (Lipinski definition) is 6. The molecule has 0 fully saturated rings. The monoisotopic (exact) mass is 456 g/mol. The van der Waals surface area contributed by atoms with Gasteiger partial charge in [-0.05, 0) is 16.5 Å². The zero-order chi connectivity index (χ0) is 23.5. The number of rotatable bonds is 7. The number of hydrogen-bond donors (Lipinski definition) is 1. The van der Waals surface area contributed by atoms with Crippen LogP contribution in [0.2, 0.25) is 0 Å². The Morgan fingerprint density at radius 1 is 1.09 bits per heavy atom. The lowest BCUT2D eigenvalue weighted by molar-refractivity contribution is -0.125. The first-order chi connectivity index (χ1) is 15.0. The summed E-state index contributed by atoms with van der Waals surface area (Å²) < 4.78 is 30.5. The first-order valence-electron chi connectivity index (χ1n) is 10.2. The van der Waals surface area contributed by atoms with Gasteiger partial charge in [0.05, 0.1) is 12.8 Å². The molecule has 1 atom stereocenters. The number of benzene rings is 2. The van der Waals surface area contributed by atoms with E-state index in [2.05, 4.69) is 36.2 Å². The van der Waals surface area contributed by atoms with Crippen LogP contribution < -0.4 is 5.32 Å². The Labute approximate surface area is 188 Å². The van der Waals surface area contributed by atoms with Gasteiger partial charge >= 0.3 is 0 Å². The fourth-order valence-corrected chi connectivity index (χ4v) is 3.78. The minimum absolute atomic E-state index is 0.0210. The topological polar surface area (TPSA) is 105 Å². The maximum absolute atomic E-state index is 12.9. The summed E-state index contributed by atoms with van der Waals surface area (Å²) in [6.45, 7) is 6.40. The summed E-state index contributed by atoms with van der Waals surface area (Å²) in [5, 5.41) is 6.69. The number of carbonyl (C=O) groups excluding carboxylic acids is 1. The number of amides is 1. The standard InChI is InChI=1S/C23H28N4O4S/c1-23(2,3)18-13-11-17(12-14-18)21-25-19(31-26-21)15-24-22(28)20(27(4)32(5,29)30)16-9-7-6-8-10-16/h6-14,20H,15H2,1-5H3,(H,24,28)/t20-/m1/s1. The molecule has 0 aliphatic heterocycles. The number of aromatic nitrogens is 2. The van der Waals surface area contributed by atoms with Crippen LogP contribution in [-0.2, 0) is 26.8 Å². The number of likely N-dealkylation sites (N-methyl/N-ethyl adjacent to an activating group) is 1. The molecule has 0 aliphatic carbocycles. The van der Waals surface area contributed by atoms with E-state index in [1.165, 1.54) is 12.6 Å². The van der Waals surface area contributed by atoms with E-state index in [4.69, 9.17) is 4.52 Å². The summed E-state index contributed by atoms with van der Waals surface area (Å²) in [5.41, 5.74) is 2.60. The summed E-state index contributed by atoms with van der Waals surface area (Å²) in [6, 6.07) is 15.6. The van der Waals surface area contributed by atoms with Gasteiger partial charge in [0.15, 0.2) is 0 Å². The van der Waals surface area contributed by atoms with Crippen molar-refractivity contribution >= 4 is 15.9 Å². The molecular weight excluding hydrogens is 428 g/mol. The first-order valence-corrected chi connectivity index (χ1v) is 12.0. The predicted molar refractivity (Wildman–Crippen MR) is 122 cm³/mol. The summed E-state index contributed by atoms with van der Waals surface area (Å²) in [5.74, 6) is 0.156. The number of carbonyl (C=O) groups is 1. The van der Waals surface area contributed by atoms with Crippen molar-refractivity contribution in [2.45, 2.75) is 38.8 Å². The SMILES string of the molecule is CN([C@@H](C(=O)NCc1nc(-c2ccc(C(C)(C)C)cc2)no1)c1ccccc1)S(C)(=O)=O. The van der Waals surface area contributed by atoms with E-state index in [-0.39, 0.29) is 17.9 Å². The fraction of sp³-hybridized carbons (Fsp3) is 0.348. The van der Waals surface area contributed by atoms with E-state index < -0.39 is 22.0 Å². The van der Waals surface area contributed by atoms with E-state index in [0.29, 0.717) is 11.4 Å². The summed E-state index contributed by atoms with van der Waals surface area (Å²) >= 11 is 0. The Kier molecular flexibility index (Phi) is 6.80.